The molecule has 28 heavy (non-hydrogen) atoms. The van der Waals surface area contributed by atoms with Crippen molar-refractivity contribution >= 4 is 64.1 Å². The lowest BCUT2D eigenvalue weighted by Crippen LogP contribution is -2.54. The van der Waals surface area contributed by atoms with E-state index in [9.17, 15) is 9.59 Å². The largest absolute Gasteiger partial charge is 0.497 e. The number of thiocarbonyl (C=S) groups is 1. The van der Waals surface area contributed by atoms with E-state index in [0.717, 1.165) is 4.90 Å². The van der Waals surface area contributed by atoms with E-state index in [1.165, 1.54) is 26.4 Å². The van der Waals surface area contributed by atoms with Gasteiger partial charge >= 0.3 is 0 Å². The third-order valence-corrected chi connectivity index (χ3v) is 4.82. The number of nitrogens with one attached hydrogen (secondary N) is 1. The molecular formula is C19H14Cl2N2O4S. The van der Waals surface area contributed by atoms with E-state index < -0.39 is 11.8 Å². The Morgan fingerprint density at radius 2 is 1.82 bits per heavy atom. The van der Waals surface area contributed by atoms with Gasteiger partial charge in [0.25, 0.3) is 11.8 Å². The quantitative estimate of drug-likeness (QED) is 0.447. The van der Waals surface area contributed by atoms with Gasteiger partial charge in [-0.25, -0.2) is 0 Å². The number of halogens is 2. The van der Waals surface area contributed by atoms with Crippen LogP contribution in [0.2, 0.25) is 10.0 Å². The molecule has 0 unspecified atom stereocenters. The number of rotatable bonds is 4. The maximum absolute atomic E-state index is 13.1. The van der Waals surface area contributed by atoms with Crippen molar-refractivity contribution in [1.29, 1.82) is 0 Å². The summed E-state index contributed by atoms with van der Waals surface area (Å²) in [6, 6.07) is 9.63. The lowest BCUT2D eigenvalue weighted by atomic mass is 10.1. The Labute approximate surface area is 176 Å². The Balaban J connectivity index is 2.06. The zero-order chi connectivity index (χ0) is 20.4. The van der Waals surface area contributed by atoms with Crippen LogP contribution in [0.15, 0.2) is 42.0 Å². The summed E-state index contributed by atoms with van der Waals surface area (Å²) in [5, 5.41) is 3.06. The van der Waals surface area contributed by atoms with Crippen LogP contribution in [0.5, 0.6) is 11.5 Å². The van der Waals surface area contributed by atoms with Gasteiger partial charge in [-0.05, 0) is 48.6 Å². The summed E-state index contributed by atoms with van der Waals surface area (Å²) in [6.07, 6.45) is 1.43. The number of carbonyl (C=O) groups is 2. The zero-order valence-corrected chi connectivity index (χ0v) is 17.1. The van der Waals surface area contributed by atoms with E-state index in [0.29, 0.717) is 27.8 Å². The van der Waals surface area contributed by atoms with Crippen LogP contribution in [-0.4, -0.2) is 31.1 Å². The first-order valence-electron chi connectivity index (χ1n) is 7.94. The molecular weight excluding hydrogens is 423 g/mol. The summed E-state index contributed by atoms with van der Waals surface area (Å²) in [4.78, 5) is 26.6. The zero-order valence-electron chi connectivity index (χ0n) is 14.8. The van der Waals surface area contributed by atoms with Crippen LogP contribution in [0, 0.1) is 0 Å². The minimum Gasteiger partial charge on any atom is -0.497 e. The number of hydrogen-bond donors (Lipinski definition) is 1. The number of methoxy groups -OCH3 is 2. The van der Waals surface area contributed by atoms with Gasteiger partial charge in [-0.2, -0.15) is 0 Å². The van der Waals surface area contributed by atoms with Crippen molar-refractivity contribution in [3.05, 3.63) is 57.6 Å². The minimum atomic E-state index is -0.616. The maximum atomic E-state index is 13.1. The minimum absolute atomic E-state index is 0.0712. The van der Waals surface area contributed by atoms with Crippen LogP contribution >= 0.6 is 35.4 Å². The topological polar surface area (TPSA) is 67.9 Å². The van der Waals surface area contributed by atoms with Crippen molar-refractivity contribution in [1.82, 2.24) is 5.32 Å². The molecule has 0 bridgehead atoms. The highest BCUT2D eigenvalue weighted by atomic mass is 35.5. The van der Waals surface area contributed by atoms with Crippen LogP contribution in [0.3, 0.4) is 0 Å². The molecule has 1 aliphatic rings. The number of carbonyl (C=O) groups excluding carboxylic acids is 2. The molecule has 0 aliphatic carbocycles. The van der Waals surface area contributed by atoms with Crippen molar-refractivity contribution < 1.29 is 19.1 Å². The summed E-state index contributed by atoms with van der Waals surface area (Å²) >= 11 is 17.3. The van der Waals surface area contributed by atoms with Gasteiger partial charge in [0, 0.05) is 16.7 Å². The van der Waals surface area contributed by atoms with Gasteiger partial charge in [-0.1, -0.05) is 23.2 Å². The van der Waals surface area contributed by atoms with E-state index in [1.54, 1.807) is 30.3 Å². The van der Waals surface area contributed by atoms with Gasteiger partial charge in [0.1, 0.15) is 17.1 Å². The van der Waals surface area contributed by atoms with Gasteiger partial charge in [0.15, 0.2) is 5.11 Å². The molecule has 0 radical (unpaired) electrons. The van der Waals surface area contributed by atoms with E-state index in [1.807, 2.05) is 0 Å². The summed E-state index contributed by atoms with van der Waals surface area (Å²) < 4.78 is 10.5. The Bertz CT molecular complexity index is 1020. The van der Waals surface area contributed by atoms with Crippen molar-refractivity contribution in [3.63, 3.8) is 0 Å². The molecule has 0 spiro atoms. The molecule has 0 saturated carbocycles. The normalized spacial score (nSPS) is 15.6. The lowest BCUT2D eigenvalue weighted by molar-refractivity contribution is -0.122. The fourth-order valence-electron chi connectivity index (χ4n) is 2.63. The molecule has 2 aromatic carbocycles. The van der Waals surface area contributed by atoms with Crippen molar-refractivity contribution in [2.75, 3.05) is 19.1 Å². The number of anilines is 1. The van der Waals surface area contributed by atoms with E-state index in [2.05, 4.69) is 5.32 Å². The molecule has 144 valence electrons. The van der Waals surface area contributed by atoms with E-state index in [4.69, 9.17) is 44.9 Å². The second-order valence-electron chi connectivity index (χ2n) is 5.66. The molecule has 1 N–H and O–H groups in total. The third kappa shape index (κ3) is 3.82. The molecule has 3 rings (SSSR count). The first kappa shape index (κ1) is 20.1. The Hall–Kier alpha value is -2.61. The predicted molar refractivity (Wildman–Crippen MR) is 112 cm³/mol. The third-order valence-electron chi connectivity index (χ3n) is 3.99. The van der Waals surface area contributed by atoms with Gasteiger partial charge in [-0.3, -0.25) is 19.8 Å². The summed E-state index contributed by atoms with van der Waals surface area (Å²) in [5.41, 5.74) is 0.716. The molecule has 0 atom stereocenters. The second-order valence-corrected chi connectivity index (χ2v) is 6.89. The van der Waals surface area contributed by atoms with Crippen LogP contribution in [0.1, 0.15) is 5.56 Å². The molecule has 1 fully saturated rings. The molecule has 0 aromatic heterocycles. The van der Waals surface area contributed by atoms with Crippen LogP contribution in [0.4, 0.5) is 5.69 Å². The molecule has 1 saturated heterocycles. The van der Waals surface area contributed by atoms with E-state index >= 15 is 0 Å². The average Bonchev–Trinajstić information content (AvgIpc) is 2.66. The fraction of sp³-hybridized carbons (Fsp3) is 0.105. The number of ether oxygens (including phenoxy) is 2. The van der Waals surface area contributed by atoms with Gasteiger partial charge < -0.3 is 9.47 Å². The van der Waals surface area contributed by atoms with Crippen LogP contribution in [-0.2, 0) is 9.59 Å². The number of amides is 2. The smallest absolute Gasteiger partial charge is 0.270 e. The first-order chi connectivity index (χ1) is 13.3. The highest BCUT2D eigenvalue weighted by Gasteiger charge is 2.35. The number of hydrogen-bond acceptors (Lipinski definition) is 5. The van der Waals surface area contributed by atoms with Crippen molar-refractivity contribution in [2.24, 2.45) is 0 Å². The molecule has 6 nitrogen and oxygen atoms in total. The van der Waals surface area contributed by atoms with Gasteiger partial charge in [0.05, 0.1) is 24.9 Å². The molecule has 2 amide bonds. The Morgan fingerprint density at radius 1 is 1.07 bits per heavy atom. The van der Waals surface area contributed by atoms with E-state index in [-0.39, 0.29) is 15.7 Å². The van der Waals surface area contributed by atoms with Crippen molar-refractivity contribution in [3.8, 4) is 11.5 Å². The fourth-order valence-corrected chi connectivity index (χ4v) is 3.40. The molecule has 1 heterocycles. The maximum Gasteiger partial charge on any atom is 0.270 e. The SMILES string of the molecule is COc1ccc(/C=C2\C(=O)NC(=S)N(c3ccc(Cl)cc3Cl)C2=O)c(OC)c1. The standard InChI is InChI=1S/C19H14Cl2N2O4S/c1-26-12-5-3-10(16(9-12)27-2)7-13-17(24)22-19(28)23(18(13)25)15-6-4-11(20)8-14(15)21/h3-9H,1-2H3,(H,22,24,28)/b13-7+. The number of benzene rings is 2. The van der Waals surface area contributed by atoms with Gasteiger partial charge in [0.2, 0.25) is 0 Å². The predicted octanol–water partition coefficient (Wildman–Crippen LogP) is 3.84. The van der Waals surface area contributed by atoms with Crippen LogP contribution in [0.25, 0.3) is 6.08 Å². The molecule has 9 heteroatoms. The number of nitrogens with zero attached hydrogens (tertiary/aromatic N) is 1. The highest BCUT2D eigenvalue weighted by molar-refractivity contribution is 7.80. The highest BCUT2D eigenvalue weighted by Crippen LogP contribution is 2.32. The second kappa shape index (κ2) is 8.18. The lowest BCUT2D eigenvalue weighted by Gasteiger charge is -2.29. The molecule has 1 aliphatic heterocycles. The van der Waals surface area contributed by atoms with Crippen LogP contribution < -0.4 is 19.7 Å². The average molecular weight is 437 g/mol. The monoisotopic (exact) mass is 436 g/mol. The summed E-state index contributed by atoms with van der Waals surface area (Å²) in [7, 11) is 3.01. The summed E-state index contributed by atoms with van der Waals surface area (Å²) in [6.45, 7) is 0. The van der Waals surface area contributed by atoms with Gasteiger partial charge in [-0.15, -0.1) is 0 Å². The first-order valence-corrected chi connectivity index (χ1v) is 9.10. The Kier molecular flexibility index (Phi) is 5.88. The van der Waals surface area contributed by atoms with Crippen molar-refractivity contribution in [2.45, 2.75) is 0 Å². The summed E-state index contributed by atoms with van der Waals surface area (Å²) in [5.74, 6) is -0.212. The Morgan fingerprint density at radius 3 is 2.46 bits per heavy atom. The molecule has 2 aromatic rings.